The number of nitrogens with two attached hydrogens (primary N) is 1. The SMILES string of the molecule is CC(=O)O.CC(=O)O.CC(=O)O.CO[Si](C)(CCCNCCN)OC.[Na]. The second-order valence-corrected chi connectivity index (χ2v) is 8.33. The Kier molecular flexibility index (Phi) is 37.4. The van der Waals surface area contributed by atoms with Crippen LogP contribution in [0.25, 0.3) is 0 Å². The van der Waals surface area contributed by atoms with Crippen molar-refractivity contribution in [3.05, 3.63) is 0 Å². The van der Waals surface area contributed by atoms with Gasteiger partial charge in [-0.25, -0.2) is 0 Å². The normalized spacial score (nSPS) is 8.88. The van der Waals surface area contributed by atoms with E-state index in [2.05, 4.69) is 11.9 Å². The average molecular weight is 410 g/mol. The van der Waals surface area contributed by atoms with Gasteiger partial charge in [-0.3, -0.25) is 14.4 Å². The van der Waals surface area contributed by atoms with Gasteiger partial charge in [0.15, 0.2) is 0 Å². The third kappa shape index (κ3) is 65.3. The summed E-state index contributed by atoms with van der Waals surface area (Å²) in [4.78, 5) is 27.0. The Balaban J connectivity index is -0.0000000933. The number of hydrogen-bond acceptors (Lipinski definition) is 7. The fraction of sp³-hybridized carbons (Fsp3) is 0.786. The zero-order chi connectivity index (χ0) is 20.9. The fourth-order valence-electron chi connectivity index (χ4n) is 1.05. The van der Waals surface area contributed by atoms with Crippen LogP contribution in [0.1, 0.15) is 27.2 Å². The summed E-state index contributed by atoms with van der Waals surface area (Å²) >= 11 is 0. The van der Waals surface area contributed by atoms with E-state index in [-0.39, 0.29) is 29.6 Å². The molecule has 0 unspecified atom stereocenters. The third-order valence-corrected chi connectivity index (χ3v) is 5.16. The van der Waals surface area contributed by atoms with E-state index in [1.54, 1.807) is 14.2 Å². The van der Waals surface area contributed by atoms with Gasteiger partial charge in [0, 0.05) is 77.6 Å². The van der Waals surface area contributed by atoms with Crippen LogP contribution in [0, 0.1) is 0 Å². The Morgan fingerprint density at radius 1 is 0.923 bits per heavy atom. The number of carboxylic acid groups (broad SMARTS) is 3. The molecule has 0 aromatic carbocycles. The Morgan fingerprint density at radius 2 is 1.23 bits per heavy atom. The predicted molar refractivity (Wildman–Crippen MR) is 103 cm³/mol. The number of aliphatic carboxylic acids is 3. The van der Waals surface area contributed by atoms with Crippen LogP contribution >= 0.6 is 0 Å². The Labute approximate surface area is 179 Å². The minimum Gasteiger partial charge on any atom is -0.481 e. The molecule has 10 nitrogen and oxygen atoms in total. The summed E-state index contributed by atoms with van der Waals surface area (Å²) in [6.07, 6.45) is 1.09. The van der Waals surface area contributed by atoms with Crippen molar-refractivity contribution in [1.82, 2.24) is 5.32 Å². The van der Waals surface area contributed by atoms with Gasteiger partial charge in [0.1, 0.15) is 0 Å². The molecule has 6 N–H and O–H groups in total. The Bertz CT molecular complexity index is 304. The summed E-state index contributed by atoms with van der Waals surface area (Å²) in [7, 11) is 1.62. The maximum absolute atomic E-state index is 9.00. The standard InChI is InChI=1S/C8H22N2O2Si.3C2H4O2.Na/c1-11-13(3,12-2)8-4-6-10-7-5-9;3*1-2(3)4;/h10H,4-9H2,1-3H3;3*1H3,(H,3,4);. The van der Waals surface area contributed by atoms with Crippen LogP contribution in [-0.2, 0) is 23.2 Å². The van der Waals surface area contributed by atoms with Crippen LogP contribution < -0.4 is 11.1 Å². The van der Waals surface area contributed by atoms with Crippen molar-refractivity contribution < 1.29 is 38.6 Å². The first-order valence-electron chi connectivity index (χ1n) is 7.48. The van der Waals surface area contributed by atoms with Gasteiger partial charge in [-0.1, -0.05) is 0 Å². The van der Waals surface area contributed by atoms with E-state index in [0.717, 1.165) is 46.3 Å². The maximum Gasteiger partial charge on any atom is 0.334 e. The summed E-state index contributed by atoms with van der Waals surface area (Å²) < 4.78 is 10.7. The van der Waals surface area contributed by atoms with Crippen molar-refractivity contribution in [2.24, 2.45) is 5.73 Å². The van der Waals surface area contributed by atoms with Gasteiger partial charge in [0.05, 0.1) is 0 Å². The topological polar surface area (TPSA) is 168 Å². The predicted octanol–water partition coefficient (Wildman–Crippen LogP) is 0.182. The van der Waals surface area contributed by atoms with Crippen LogP contribution in [0.2, 0.25) is 12.6 Å². The largest absolute Gasteiger partial charge is 0.481 e. The van der Waals surface area contributed by atoms with Gasteiger partial charge in [-0.05, 0) is 25.6 Å². The first-order chi connectivity index (χ1) is 11.4. The molecular weight excluding hydrogens is 375 g/mol. The molecule has 0 rings (SSSR count). The number of carboxylic acids is 3. The van der Waals surface area contributed by atoms with Gasteiger partial charge in [0.25, 0.3) is 17.9 Å². The van der Waals surface area contributed by atoms with E-state index in [4.69, 9.17) is 44.3 Å². The molecule has 0 aliphatic carbocycles. The summed E-state index contributed by atoms with van der Waals surface area (Å²) in [5.74, 6) is -2.50. The molecule has 0 aliphatic rings. The van der Waals surface area contributed by atoms with Gasteiger partial charge >= 0.3 is 8.56 Å². The van der Waals surface area contributed by atoms with Crippen molar-refractivity contribution >= 4 is 56.0 Å². The van der Waals surface area contributed by atoms with Gasteiger partial charge in [-0.15, -0.1) is 0 Å². The quantitative estimate of drug-likeness (QED) is 0.275. The van der Waals surface area contributed by atoms with E-state index in [0.29, 0.717) is 6.54 Å². The van der Waals surface area contributed by atoms with Gasteiger partial charge < -0.3 is 35.2 Å². The molecule has 0 saturated heterocycles. The van der Waals surface area contributed by atoms with Crippen molar-refractivity contribution in [1.29, 1.82) is 0 Å². The summed E-state index contributed by atoms with van der Waals surface area (Å²) in [6.45, 7) is 7.91. The van der Waals surface area contributed by atoms with Crippen molar-refractivity contribution in [2.75, 3.05) is 33.9 Å². The van der Waals surface area contributed by atoms with E-state index < -0.39 is 26.5 Å². The number of rotatable bonds is 8. The number of hydrogen-bond donors (Lipinski definition) is 5. The molecule has 0 fully saturated rings. The minimum atomic E-state index is -1.83. The molecule has 0 spiro atoms. The molecule has 0 heterocycles. The molecule has 0 aromatic rings. The number of carbonyl (C=O) groups is 3. The maximum atomic E-state index is 9.00. The Morgan fingerprint density at radius 3 is 1.46 bits per heavy atom. The molecule has 153 valence electrons. The van der Waals surface area contributed by atoms with E-state index in [1.807, 2.05) is 0 Å². The summed E-state index contributed by atoms with van der Waals surface area (Å²) in [5.41, 5.74) is 5.35. The van der Waals surface area contributed by atoms with E-state index >= 15 is 0 Å². The van der Waals surface area contributed by atoms with Gasteiger partial charge in [-0.2, -0.15) is 0 Å². The van der Waals surface area contributed by atoms with Crippen LogP contribution in [0.3, 0.4) is 0 Å². The molecule has 0 saturated carbocycles. The molecule has 0 atom stereocenters. The van der Waals surface area contributed by atoms with Crippen molar-refractivity contribution in [3.8, 4) is 0 Å². The summed E-state index contributed by atoms with van der Waals surface area (Å²) in [6, 6.07) is 1.03. The fourth-order valence-corrected chi connectivity index (χ4v) is 2.44. The van der Waals surface area contributed by atoms with Crippen molar-refractivity contribution in [2.45, 2.75) is 39.8 Å². The number of nitrogens with one attached hydrogen (secondary N) is 1. The molecule has 12 heteroatoms. The molecule has 26 heavy (non-hydrogen) atoms. The molecule has 0 bridgehead atoms. The van der Waals surface area contributed by atoms with Crippen LogP contribution in [-0.4, -0.2) is 105 Å². The van der Waals surface area contributed by atoms with Gasteiger partial charge in [0.2, 0.25) is 0 Å². The summed E-state index contributed by atoms with van der Waals surface area (Å²) in [5, 5.41) is 25.5. The molecule has 0 aliphatic heterocycles. The van der Waals surface area contributed by atoms with E-state index in [1.165, 1.54) is 0 Å². The van der Waals surface area contributed by atoms with Crippen LogP contribution in [0.4, 0.5) is 0 Å². The molecule has 1 radical (unpaired) electrons. The van der Waals surface area contributed by atoms with Crippen molar-refractivity contribution in [3.63, 3.8) is 0 Å². The zero-order valence-electron chi connectivity index (χ0n) is 17.0. The van der Waals surface area contributed by atoms with Crippen LogP contribution in [0.5, 0.6) is 0 Å². The second-order valence-electron chi connectivity index (χ2n) is 4.74. The minimum absolute atomic E-state index is 0. The second kappa shape index (κ2) is 26.7. The smallest absolute Gasteiger partial charge is 0.334 e. The Hall–Kier alpha value is -0.533. The molecule has 0 aromatic heterocycles. The van der Waals surface area contributed by atoms with E-state index in [9.17, 15) is 0 Å². The van der Waals surface area contributed by atoms with Crippen LogP contribution in [0.15, 0.2) is 0 Å². The average Bonchev–Trinajstić information content (AvgIpc) is 2.45. The monoisotopic (exact) mass is 409 g/mol. The first-order valence-corrected chi connectivity index (χ1v) is 10.0. The molecular formula is C14H34N2NaO8Si. The molecule has 0 amide bonds. The third-order valence-electron chi connectivity index (χ3n) is 2.17. The zero-order valence-corrected chi connectivity index (χ0v) is 20.0. The first kappa shape index (κ1) is 36.4.